The van der Waals surface area contributed by atoms with Gasteiger partial charge in [-0.1, -0.05) is 40.5 Å². The predicted octanol–water partition coefficient (Wildman–Crippen LogP) is 2.81. The molecule has 0 aliphatic carbocycles. The maximum absolute atomic E-state index is 9.97. The molecule has 0 aliphatic rings. The van der Waals surface area contributed by atoms with Gasteiger partial charge in [0.25, 0.3) is 0 Å². The summed E-state index contributed by atoms with van der Waals surface area (Å²) in [6.07, 6.45) is 3.81. The Balaban J connectivity index is 3.39. The van der Waals surface area contributed by atoms with E-state index in [1.54, 1.807) is 0 Å². The smallest absolute Gasteiger partial charge is 0.0766 e. The summed E-state index contributed by atoms with van der Waals surface area (Å²) >= 11 is 0. The topological polar surface area (TPSA) is 32.3 Å². The van der Waals surface area contributed by atoms with E-state index in [-0.39, 0.29) is 0 Å². The number of unbranched alkanes of at least 4 members (excludes halogenated alkanes) is 1. The molecule has 0 aliphatic heterocycles. The molecule has 0 radical (unpaired) electrons. The van der Waals surface area contributed by atoms with Crippen LogP contribution in [0.2, 0.25) is 0 Å². The van der Waals surface area contributed by atoms with Gasteiger partial charge in [-0.3, -0.25) is 0 Å². The van der Waals surface area contributed by atoms with Crippen molar-refractivity contribution in [3.63, 3.8) is 0 Å². The molecule has 0 saturated heterocycles. The SMILES string of the molecule is CC(C)CCCCNCC(C)(O)C(C)C. The van der Waals surface area contributed by atoms with E-state index in [0.29, 0.717) is 12.5 Å². The normalized spacial score (nSPS) is 16.0. The summed E-state index contributed by atoms with van der Waals surface area (Å²) in [6, 6.07) is 0. The summed E-state index contributed by atoms with van der Waals surface area (Å²) in [5.74, 6) is 1.12. The molecule has 0 amide bonds. The second-order valence-electron chi connectivity index (χ2n) is 5.58. The summed E-state index contributed by atoms with van der Waals surface area (Å²) < 4.78 is 0. The molecule has 0 rings (SSSR count). The van der Waals surface area contributed by atoms with Gasteiger partial charge in [-0.15, -0.1) is 0 Å². The fraction of sp³-hybridized carbons (Fsp3) is 1.00. The highest BCUT2D eigenvalue weighted by molar-refractivity contribution is 4.78. The zero-order valence-corrected chi connectivity index (χ0v) is 11.1. The van der Waals surface area contributed by atoms with E-state index < -0.39 is 5.60 Å². The van der Waals surface area contributed by atoms with Gasteiger partial charge in [-0.2, -0.15) is 0 Å². The van der Waals surface area contributed by atoms with Crippen molar-refractivity contribution < 1.29 is 5.11 Å². The Kier molecular flexibility index (Phi) is 7.20. The van der Waals surface area contributed by atoms with Crippen molar-refractivity contribution in [1.82, 2.24) is 5.32 Å². The zero-order valence-electron chi connectivity index (χ0n) is 11.1. The molecule has 15 heavy (non-hydrogen) atoms. The largest absolute Gasteiger partial charge is 0.389 e. The third kappa shape index (κ3) is 7.80. The average Bonchev–Trinajstić information content (AvgIpc) is 2.10. The van der Waals surface area contributed by atoms with E-state index in [4.69, 9.17) is 0 Å². The van der Waals surface area contributed by atoms with E-state index in [1.165, 1.54) is 19.3 Å². The highest BCUT2D eigenvalue weighted by Crippen LogP contribution is 2.14. The summed E-state index contributed by atoms with van der Waals surface area (Å²) in [4.78, 5) is 0. The van der Waals surface area contributed by atoms with Crippen LogP contribution in [0.15, 0.2) is 0 Å². The second-order valence-corrected chi connectivity index (χ2v) is 5.58. The summed E-state index contributed by atoms with van der Waals surface area (Å²) in [5, 5.41) is 13.3. The molecule has 0 aromatic heterocycles. The van der Waals surface area contributed by atoms with Crippen LogP contribution >= 0.6 is 0 Å². The molecule has 2 N–H and O–H groups in total. The highest BCUT2D eigenvalue weighted by Gasteiger charge is 2.23. The lowest BCUT2D eigenvalue weighted by Crippen LogP contribution is -2.42. The molecular weight excluding hydrogens is 186 g/mol. The number of hydrogen-bond acceptors (Lipinski definition) is 2. The van der Waals surface area contributed by atoms with Gasteiger partial charge < -0.3 is 10.4 Å². The first-order valence-electron chi connectivity index (χ1n) is 6.29. The van der Waals surface area contributed by atoms with Crippen LogP contribution in [0.25, 0.3) is 0 Å². The molecule has 0 aromatic rings. The molecule has 92 valence electrons. The number of hydrogen-bond donors (Lipinski definition) is 2. The Morgan fingerprint density at radius 3 is 2.20 bits per heavy atom. The molecular formula is C13H29NO. The molecule has 0 aromatic carbocycles. The van der Waals surface area contributed by atoms with Gasteiger partial charge in [-0.25, -0.2) is 0 Å². The number of rotatable bonds is 8. The van der Waals surface area contributed by atoms with Crippen molar-refractivity contribution in [2.75, 3.05) is 13.1 Å². The van der Waals surface area contributed by atoms with Crippen LogP contribution in [-0.4, -0.2) is 23.8 Å². The lowest BCUT2D eigenvalue weighted by Gasteiger charge is -2.28. The van der Waals surface area contributed by atoms with E-state index in [0.717, 1.165) is 12.5 Å². The molecule has 0 saturated carbocycles. The van der Waals surface area contributed by atoms with Crippen molar-refractivity contribution in [2.24, 2.45) is 11.8 Å². The highest BCUT2D eigenvalue weighted by atomic mass is 16.3. The second kappa shape index (κ2) is 7.24. The fourth-order valence-corrected chi connectivity index (χ4v) is 1.35. The third-order valence-corrected chi connectivity index (χ3v) is 3.11. The Labute approximate surface area is 95.5 Å². The van der Waals surface area contributed by atoms with Crippen LogP contribution in [-0.2, 0) is 0 Å². The van der Waals surface area contributed by atoms with Gasteiger partial charge in [0.05, 0.1) is 5.60 Å². The minimum Gasteiger partial charge on any atom is -0.389 e. The monoisotopic (exact) mass is 215 g/mol. The molecule has 2 heteroatoms. The molecule has 0 fully saturated rings. The molecule has 2 nitrogen and oxygen atoms in total. The average molecular weight is 215 g/mol. The minimum absolute atomic E-state index is 0.306. The van der Waals surface area contributed by atoms with Crippen LogP contribution in [0.5, 0.6) is 0 Å². The first-order chi connectivity index (χ1) is 6.86. The quantitative estimate of drug-likeness (QED) is 0.610. The van der Waals surface area contributed by atoms with E-state index in [9.17, 15) is 5.11 Å². The minimum atomic E-state index is -0.571. The van der Waals surface area contributed by atoms with Gasteiger partial charge in [-0.05, 0) is 31.7 Å². The van der Waals surface area contributed by atoms with Crippen molar-refractivity contribution in [2.45, 2.75) is 59.5 Å². The van der Waals surface area contributed by atoms with Crippen LogP contribution in [0.1, 0.15) is 53.9 Å². The lowest BCUT2D eigenvalue weighted by atomic mass is 9.92. The van der Waals surface area contributed by atoms with Crippen molar-refractivity contribution >= 4 is 0 Å². The first-order valence-corrected chi connectivity index (χ1v) is 6.29. The predicted molar refractivity (Wildman–Crippen MR) is 67.0 cm³/mol. The first kappa shape index (κ1) is 14.9. The molecule has 0 spiro atoms. The summed E-state index contributed by atoms with van der Waals surface area (Å²) in [5.41, 5.74) is -0.571. The van der Waals surface area contributed by atoms with Crippen LogP contribution < -0.4 is 5.32 Å². The lowest BCUT2D eigenvalue weighted by molar-refractivity contribution is 0.0143. The summed E-state index contributed by atoms with van der Waals surface area (Å²) in [7, 11) is 0. The molecule has 1 atom stereocenters. The molecule has 0 heterocycles. The maximum atomic E-state index is 9.97. The van der Waals surface area contributed by atoms with Crippen molar-refractivity contribution in [3.8, 4) is 0 Å². The molecule has 1 unspecified atom stereocenters. The van der Waals surface area contributed by atoms with Gasteiger partial charge in [0.1, 0.15) is 0 Å². The van der Waals surface area contributed by atoms with Gasteiger partial charge in [0, 0.05) is 6.54 Å². The fourth-order valence-electron chi connectivity index (χ4n) is 1.35. The Morgan fingerprint density at radius 2 is 1.73 bits per heavy atom. The number of aliphatic hydroxyl groups is 1. The Morgan fingerprint density at radius 1 is 1.13 bits per heavy atom. The van der Waals surface area contributed by atoms with E-state index in [2.05, 4.69) is 33.0 Å². The zero-order chi connectivity index (χ0) is 11.9. The van der Waals surface area contributed by atoms with Crippen LogP contribution in [0, 0.1) is 11.8 Å². The van der Waals surface area contributed by atoms with Crippen molar-refractivity contribution in [1.29, 1.82) is 0 Å². The number of nitrogens with one attached hydrogen (secondary N) is 1. The Bertz CT molecular complexity index is 153. The van der Waals surface area contributed by atoms with Gasteiger partial charge in [0.2, 0.25) is 0 Å². The van der Waals surface area contributed by atoms with E-state index in [1.807, 2.05) is 6.92 Å². The van der Waals surface area contributed by atoms with Gasteiger partial charge >= 0.3 is 0 Å². The van der Waals surface area contributed by atoms with Crippen LogP contribution in [0.4, 0.5) is 0 Å². The standard InChI is InChI=1S/C13H29NO/c1-11(2)8-6-7-9-14-10-13(5,15)12(3)4/h11-12,14-15H,6-10H2,1-5H3. The molecule has 0 bridgehead atoms. The van der Waals surface area contributed by atoms with Crippen molar-refractivity contribution in [3.05, 3.63) is 0 Å². The third-order valence-electron chi connectivity index (χ3n) is 3.11. The van der Waals surface area contributed by atoms with E-state index >= 15 is 0 Å². The maximum Gasteiger partial charge on any atom is 0.0766 e. The van der Waals surface area contributed by atoms with Crippen LogP contribution in [0.3, 0.4) is 0 Å². The Hall–Kier alpha value is -0.0800. The summed E-state index contributed by atoms with van der Waals surface area (Å²) in [6.45, 7) is 12.3. The van der Waals surface area contributed by atoms with Gasteiger partial charge in [0.15, 0.2) is 0 Å².